The van der Waals surface area contributed by atoms with Gasteiger partial charge in [-0.25, -0.2) is 0 Å². The van der Waals surface area contributed by atoms with E-state index < -0.39 is 11.2 Å². The molecule has 0 radical (unpaired) electrons. The minimum atomic E-state index is -0.933. The molecule has 3 heteroatoms. The summed E-state index contributed by atoms with van der Waals surface area (Å²) < 4.78 is 6.35. The van der Waals surface area contributed by atoms with Crippen molar-refractivity contribution in [1.29, 1.82) is 0 Å². The molecule has 3 aromatic carbocycles. The first-order valence-corrected chi connectivity index (χ1v) is 10.1. The predicted molar refractivity (Wildman–Crippen MR) is 120 cm³/mol. The van der Waals surface area contributed by atoms with Crippen molar-refractivity contribution in [1.82, 2.24) is 0 Å². The lowest BCUT2D eigenvalue weighted by atomic mass is 9.74. The Morgan fingerprint density at radius 2 is 1.54 bits per heavy atom. The molecule has 1 N–H and O–H groups in total. The van der Waals surface area contributed by atoms with E-state index in [9.17, 15) is 5.11 Å². The first-order chi connectivity index (χ1) is 13.0. The van der Waals surface area contributed by atoms with Crippen molar-refractivity contribution >= 4 is 23.7 Å². The molecular weight excluding hydrogens is 343 g/mol. The van der Waals surface area contributed by atoms with Crippen LogP contribution in [0.1, 0.15) is 52.7 Å². The van der Waals surface area contributed by atoms with Gasteiger partial charge in [0.15, 0.2) is 0 Å². The third kappa shape index (κ3) is 2.80. The number of hydrogen-bond acceptors (Lipinski definition) is 2. The third-order valence-corrected chi connectivity index (χ3v) is 6.75. The Hall–Kier alpha value is -2.10. The molecule has 2 nitrogen and oxygen atoms in total. The van der Waals surface area contributed by atoms with Crippen molar-refractivity contribution in [2.45, 2.75) is 58.2 Å². The van der Waals surface area contributed by atoms with Crippen molar-refractivity contribution in [3.8, 4) is 11.1 Å². The quantitative estimate of drug-likeness (QED) is 0.674. The van der Waals surface area contributed by atoms with Crippen molar-refractivity contribution in [3.05, 3.63) is 65.7 Å². The lowest BCUT2D eigenvalue weighted by Gasteiger charge is -2.38. The van der Waals surface area contributed by atoms with Gasteiger partial charge in [0.05, 0.1) is 11.2 Å². The summed E-state index contributed by atoms with van der Waals surface area (Å²) in [5.74, 6) is 0. The molecule has 0 heterocycles. The second-order valence-corrected chi connectivity index (χ2v) is 9.53. The molecule has 0 unspecified atom stereocenters. The minimum absolute atomic E-state index is 0.0452. The highest BCUT2D eigenvalue weighted by atomic mass is 16.5. The molecular formula is C25H29BO2. The zero-order valence-corrected chi connectivity index (χ0v) is 17.8. The Kier molecular flexibility index (Phi) is 4.26. The highest BCUT2D eigenvalue weighted by Gasteiger charge is 2.39. The molecule has 144 valence electrons. The molecule has 1 aliphatic carbocycles. The van der Waals surface area contributed by atoms with Crippen LogP contribution in [0.3, 0.4) is 0 Å². The highest BCUT2D eigenvalue weighted by Crippen LogP contribution is 2.48. The van der Waals surface area contributed by atoms with E-state index in [4.69, 9.17) is 4.65 Å². The Morgan fingerprint density at radius 3 is 2.25 bits per heavy atom. The zero-order chi connectivity index (χ0) is 20.3. The molecule has 28 heavy (non-hydrogen) atoms. The summed E-state index contributed by atoms with van der Waals surface area (Å²) in [4.78, 5) is 0. The number of hydrogen-bond donors (Lipinski definition) is 1. The van der Waals surface area contributed by atoms with E-state index >= 15 is 0 Å². The summed E-state index contributed by atoms with van der Waals surface area (Å²) in [6, 6.07) is 19.6. The minimum Gasteiger partial charge on any atom is -0.427 e. The molecule has 0 spiro atoms. The fourth-order valence-electron chi connectivity index (χ4n) is 4.19. The fourth-order valence-corrected chi connectivity index (χ4v) is 4.19. The molecule has 0 saturated carbocycles. The predicted octanol–water partition coefficient (Wildman–Crippen LogP) is 4.69. The van der Waals surface area contributed by atoms with Gasteiger partial charge in [-0.2, -0.15) is 0 Å². The molecule has 0 saturated heterocycles. The zero-order valence-electron chi connectivity index (χ0n) is 17.8. The van der Waals surface area contributed by atoms with Gasteiger partial charge in [0, 0.05) is 5.41 Å². The summed E-state index contributed by atoms with van der Waals surface area (Å²) in [6.07, 6.45) is 0. The molecule has 1 aliphatic rings. The van der Waals surface area contributed by atoms with Gasteiger partial charge in [0.2, 0.25) is 0 Å². The van der Waals surface area contributed by atoms with Crippen LogP contribution in [0.4, 0.5) is 0 Å². The van der Waals surface area contributed by atoms with Crippen LogP contribution in [0.25, 0.3) is 21.9 Å². The topological polar surface area (TPSA) is 29.5 Å². The van der Waals surface area contributed by atoms with Crippen molar-refractivity contribution in [2.24, 2.45) is 0 Å². The van der Waals surface area contributed by atoms with E-state index in [0.717, 1.165) is 0 Å². The van der Waals surface area contributed by atoms with Gasteiger partial charge in [0.1, 0.15) is 0 Å². The second-order valence-electron chi connectivity index (χ2n) is 9.53. The van der Waals surface area contributed by atoms with Crippen LogP contribution in [-0.2, 0) is 10.1 Å². The summed E-state index contributed by atoms with van der Waals surface area (Å²) in [6.45, 7) is 12.1. The number of fused-ring (bicyclic) bond motifs is 4. The van der Waals surface area contributed by atoms with Crippen LogP contribution in [0.5, 0.6) is 0 Å². The van der Waals surface area contributed by atoms with E-state index in [2.05, 4.69) is 68.4 Å². The van der Waals surface area contributed by atoms with Gasteiger partial charge in [0.25, 0.3) is 0 Å². The van der Waals surface area contributed by atoms with E-state index in [1.807, 2.05) is 13.8 Å². The van der Waals surface area contributed by atoms with Crippen molar-refractivity contribution in [2.75, 3.05) is 0 Å². The van der Waals surface area contributed by atoms with Crippen LogP contribution < -0.4 is 5.46 Å². The molecule has 0 aliphatic heterocycles. The molecule has 0 atom stereocenters. The second kappa shape index (κ2) is 6.20. The van der Waals surface area contributed by atoms with Gasteiger partial charge >= 0.3 is 7.48 Å². The number of rotatable bonds is 4. The molecule has 0 bridgehead atoms. The summed E-state index contributed by atoms with van der Waals surface area (Å²) in [7, 11) is 0.463. The van der Waals surface area contributed by atoms with Gasteiger partial charge < -0.3 is 9.76 Å². The van der Waals surface area contributed by atoms with Crippen molar-refractivity contribution < 1.29 is 9.76 Å². The fraction of sp³-hybridized carbons (Fsp3) is 0.360. The van der Waals surface area contributed by atoms with Crippen LogP contribution in [0.15, 0.2) is 54.6 Å². The lowest BCUT2D eigenvalue weighted by molar-refractivity contribution is -0.0892. The first kappa shape index (κ1) is 19.2. The molecule has 0 aromatic heterocycles. The van der Waals surface area contributed by atoms with Crippen LogP contribution in [0, 0.1) is 0 Å². The normalized spacial score (nSPS) is 15.4. The SMILES string of the molecule is CC1(C)c2ccccc2-c2c1cc1ccccc1c2BOC(C)(C)C(C)(C)O. The average molecular weight is 372 g/mol. The molecule has 4 rings (SSSR count). The monoisotopic (exact) mass is 372 g/mol. The Balaban J connectivity index is 1.95. The highest BCUT2D eigenvalue weighted by molar-refractivity contribution is 6.54. The van der Waals surface area contributed by atoms with E-state index in [1.54, 1.807) is 13.8 Å². The number of benzene rings is 3. The van der Waals surface area contributed by atoms with Crippen LogP contribution >= 0.6 is 0 Å². The van der Waals surface area contributed by atoms with E-state index in [0.29, 0.717) is 7.48 Å². The van der Waals surface area contributed by atoms with E-state index in [-0.39, 0.29) is 5.41 Å². The van der Waals surface area contributed by atoms with Gasteiger partial charge in [-0.3, -0.25) is 0 Å². The van der Waals surface area contributed by atoms with E-state index in [1.165, 1.54) is 38.5 Å². The smallest absolute Gasteiger partial charge is 0.310 e. The molecule has 3 aromatic rings. The Bertz CT molecular complexity index is 1060. The Labute approximate surface area is 168 Å². The standard InChI is InChI=1S/C25H29BO2/c1-23(2)19-14-10-9-13-18(19)21-20(23)15-16-11-7-8-12-17(16)22(21)26-28-25(5,6)24(3,4)27/h7-15,26-27H,1-6H3. The third-order valence-electron chi connectivity index (χ3n) is 6.75. The average Bonchev–Trinajstić information content (AvgIpc) is 2.86. The van der Waals surface area contributed by atoms with Crippen LogP contribution in [-0.4, -0.2) is 23.8 Å². The summed E-state index contributed by atoms with van der Waals surface area (Å²) in [5, 5.41) is 13.0. The maximum Gasteiger partial charge on any atom is 0.310 e. The largest absolute Gasteiger partial charge is 0.427 e. The van der Waals surface area contributed by atoms with Gasteiger partial charge in [-0.1, -0.05) is 62.4 Å². The van der Waals surface area contributed by atoms with Crippen molar-refractivity contribution in [3.63, 3.8) is 0 Å². The summed E-state index contributed by atoms with van der Waals surface area (Å²) in [5.41, 5.74) is 4.89. The van der Waals surface area contributed by atoms with Gasteiger partial charge in [-0.15, -0.1) is 0 Å². The summed E-state index contributed by atoms with van der Waals surface area (Å²) >= 11 is 0. The van der Waals surface area contributed by atoms with Crippen LogP contribution in [0.2, 0.25) is 0 Å². The number of aliphatic hydroxyl groups is 1. The van der Waals surface area contributed by atoms with Gasteiger partial charge in [-0.05, 0) is 72.3 Å². The molecule has 0 amide bonds. The maximum atomic E-state index is 10.5. The Morgan fingerprint density at radius 1 is 0.893 bits per heavy atom. The maximum absolute atomic E-state index is 10.5. The molecule has 0 fully saturated rings. The first-order valence-electron chi connectivity index (χ1n) is 10.1. The lowest BCUT2D eigenvalue weighted by Crippen LogP contribution is -2.49.